The maximum Gasteiger partial charge on any atom is 0.273 e. The summed E-state index contributed by atoms with van der Waals surface area (Å²) in [7, 11) is 0. The van der Waals surface area contributed by atoms with E-state index < -0.39 is 0 Å². The average Bonchev–Trinajstić information content (AvgIpc) is 3.55. The number of rotatable bonds is 5. The van der Waals surface area contributed by atoms with Gasteiger partial charge in [0.05, 0.1) is 12.2 Å². The molecule has 0 radical (unpaired) electrons. The van der Waals surface area contributed by atoms with Crippen molar-refractivity contribution in [2.75, 3.05) is 44.5 Å². The highest BCUT2D eigenvalue weighted by Crippen LogP contribution is 2.35. The molecular weight excluding hydrogens is 480 g/mol. The molecule has 36 heavy (non-hydrogen) atoms. The van der Waals surface area contributed by atoms with Crippen LogP contribution in [0.2, 0.25) is 0 Å². The van der Waals surface area contributed by atoms with Gasteiger partial charge in [-0.3, -0.25) is 19.4 Å². The molecule has 10 heteroatoms. The quantitative estimate of drug-likeness (QED) is 0.526. The predicted molar refractivity (Wildman–Crippen MR) is 134 cm³/mol. The molecular formula is C26H26N4O5S. The van der Waals surface area contributed by atoms with Crippen LogP contribution in [0.25, 0.3) is 0 Å². The van der Waals surface area contributed by atoms with Crippen molar-refractivity contribution in [3.05, 3.63) is 63.6 Å². The zero-order valence-electron chi connectivity index (χ0n) is 19.9. The van der Waals surface area contributed by atoms with Gasteiger partial charge in [0, 0.05) is 38.1 Å². The fourth-order valence-electron chi connectivity index (χ4n) is 4.67. The maximum atomic E-state index is 13.1. The Hall–Kier alpha value is -3.63. The number of benzene rings is 2. The van der Waals surface area contributed by atoms with Gasteiger partial charge < -0.3 is 19.1 Å². The molecule has 0 spiro atoms. The number of ether oxygens (including phenoxy) is 3. The molecule has 0 aliphatic carbocycles. The first kappa shape index (κ1) is 22.8. The van der Waals surface area contributed by atoms with Crippen LogP contribution in [0, 0.1) is 6.92 Å². The van der Waals surface area contributed by atoms with Crippen LogP contribution in [0.15, 0.2) is 41.8 Å². The zero-order chi connectivity index (χ0) is 24.6. The fourth-order valence-corrected chi connectivity index (χ4v) is 5.43. The number of carbonyl (C=O) groups is 2. The van der Waals surface area contributed by atoms with E-state index >= 15 is 0 Å². The van der Waals surface area contributed by atoms with Gasteiger partial charge in [-0.1, -0.05) is 12.1 Å². The van der Waals surface area contributed by atoms with E-state index in [1.54, 1.807) is 10.3 Å². The van der Waals surface area contributed by atoms with Crippen molar-refractivity contribution in [2.45, 2.75) is 20.0 Å². The molecule has 0 atom stereocenters. The molecule has 1 fully saturated rings. The Morgan fingerprint density at radius 3 is 2.64 bits per heavy atom. The van der Waals surface area contributed by atoms with E-state index in [1.807, 2.05) is 42.2 Å². The average molecular weight is 507 g/mol. The van der Waals surface area contributed by atoms with E-state index in [-0.39, 0.29) is 25.2 Å². The summed E-state index contributed by atoms with van der Waals surface area (Å²) in [4.78, 5) is 36.1. The summed E-state index contributed by atoms with van der Waals surface area (Å²) in [6, 6.07) is 11.8. The molecule has 3 aromatic rings. The molecule has 186 valence electrons. The minimum atomic E-state index is -0.116. The van der Waals surface area contributed by atoms with E-state index in [2.05, 4.69) is 16.0 Å². The van der Waals surface area contributed by atoms with E-state index in [0.29, 0.717) is 31.1 Å². The molecule has 6 rings (SSSR count). The molecule has 0 N–H and O–H groups in total. The van der Waals surface area contributed by atoms with Crippen LogP contribution in [0.3, 0.4) is 0 Å². The molecule has 2 aromatic carbocycles. The van der Waals surface area contributed by atoms with Crippen molar-refractivity contribution in [1.82, 2.24) is 14.8 Å². The lowest BCUT2D eigenvalue weighted by atomic mass is 10.1. The van der Waals surface area contributed by atoms with Gasteiger partial charge in [-0.2, -0.15) is 0 Å². The summed E-state index contributed by atoms with van der Waals surface area (Å²) < 4.78 is 16.4. The predicted octanol–water partition coefficient (Wildman–Crippen LogP) is 3.06. The minimum absolute atomic E-state index is 0.00373. The number of nitrogens with zero attached hydrogens (tertiary/aromatic N) is 4. The van der Waals surface area contributed by atoms with Crippen molar-refractivity contribution in [2.24, 2.45) is 0 Å². The minimum Gasteiger partial charge on any atom is -0.482 e. The molecule has 0 bridgehead atoms. The van der Waals surface area contributed by atoms with Crippen molar-refractivity contribution >= 4 is 28.8 Å². The number of hydrogen-bond acceptors (Lipinski definition) is 8. The third-order valence-corrected chi connectivity index (χ3v) is 7.46. The van der Waals surface area contributed by atoms with Gasteiger partial charge in [0.15, 0.2) is 18.1 Å². The number of carbonyl (C=O) groups excluding carboxylic acids is 2. The number of thiazole rings is 1. The van der Waals surface area contributed by atoms with Gasteiger partial charge in [-0.15, -0.1) is 11.3 Å². The van der Waals surface area contributed by atoms with Crippen molar-refractivity contribution < 1.29 is 23.8 Å². The van der Waals surface area contributed by atoms with Gasteiger partial charge in [0.25, 0.3) is 11.8 Å². The third kappa shape index (κ3) is 4.49. The first-order valence-electron chi connectivity index (χ1n) is 11.9. The van der Waals surface area contributed by atoms with E-state index in [9.17, 15) is 9.59 Å². The van der Waals surface area contributed by atoms with Gasteiger partial charge in [-0.05, 0) is 42.3 Å². The Kier molecular flexibility index (Phi) is 5.98. The molecule has 0 saturated carbocycles. The first-order chi connectivity index (χ1) is 17.5. The summed E-state index contributed by atoms with van der Waals surface area (Å²) in [5.74, 6) is 2.08. The number of aromatic nitrogens is 1. The summed E-state index contributed by atoms with van der Waals surface area (Å²) >= 11 is 1.40. The Labute approximate surface area is 212 Å². The molecule has 2 amide bonds. The SMILES string of the molecule is Cc1ccc2c(c1)N(Cc1nc(C(=O)N3CCN(Cc4ccc5c(c4)OCO5)CC3)cs1)C(=O)CO2. The number of anilines is 1. The number of piperazine rings is 1. The van der Waals surface area contributed by atoms with Crippen LogP contribution >= 0.6 is 11.3 Å². The van der Waals surface area contributed by atoms with E-state index in [4.69, 9.17) is 14.2 Å². The molecule has 1 saturated heterocycles. The van der Waals surface area contributed by atoms with Crippen LogP contribution in [0.5, 0.6) is 17.2 Å². The lowest BCUT2D eigenvalue weighted by molar-refractivity contribution is -0.121. The Bertz CT molecular complexity index is 1320. The number of aryl methyl sites for hydroxylation is 1. The van der Waals surface area contributed by atoms with Gasteiger partial charge >= 0.3 is 0 Å². The van der Waals surface area contributed by atoms with Gasteiger partial charge in [-0.25, -0.2) is 4.98 Å². The van der Waals surface area contributed by atoms with Gasteiger partial charge in [0.2, 0.25) is 6.79 Å². The Morgan fingerprint density at radius 1 is 0.972 bits per heavy atom. The topological polar surface area (TPSA) is 84.4 Å². The zero-order valence-corrected chi connectivity index (χ0v) is 20.8. The summed E-state index contributed by atoms with van der Waals surface area (Å²) in [5.41, 5.74) is 3.39. The second kappa shape index (κ2) is 9.44. The number of fused-ring (bicyclic) bond motifs is 2. The third-order valence-electron chi connectivity index (χ3n) is 6.62. The standard InChI is InChI=1S/C26H26N4O5S/c1-17-2-4-21-20(10-17)30(25(31)14-33-21)13-24-27-19(15-36-24)26(32)29-8-6-28(7-9-29)12-18-3-5-22-23(11-18)35-16-34-22/h2-5,10-11,15H,6-9,12-14,16H2,1H3. The highest BCUT2D eigenvalue weighted by molar-refractivity contribution is 7.09. The monoisotopic (exact) mass is 506 g/mol. The summed E-state index contributed by atoms with van der Waals surface area (Å²) in [6.45, 7) is 6.23. The molecule has 3 aliphatic heterocycles. The maximum absolute atomic E-state index is 13.1. The van der Waals surface area contributed by atoms with E-state index in [0.717, 1.165) is 53.0 Å². The fraction of sp³-hybridized carbons (Fsp3) is 0.346. The first-order valence-corrected chi connectivity index (χ1v) is 12.8. The van der Waals surface area contributed by atoms with Crippen molar-refractivity contribution in [1.29, 1.82) is 0 Å². The second-order valence-electron chi connectivity index (χ2n) is 9.12. The lowest BCUT2D eigenvalue weighted by Crippen LogP contribution is -2.48. The normalized spacial score (nSPS) is 17.2. The van der Waals surface area contributed by atoms with Crippen LogP contribution in [-0.4, -0.2) is 66.2 Å². The molecule has 4 heterocycles. The largest absolute Gasteiger partial charge is 0.482 e. The Morgan fingerprint density at radius 2 is 1.78 bits per heavy atom. The molecule has 3 aliphatic rings. The van der Waals surface area contributed by atoms with Crippen LogP contribution in [-0.2, 0) is 17.9 Å². The molecule has 9 nitrogen and oxygen atoms in total. The highest BCUT2D eigenvalue weighted by atomic mass is 32.1. The van der Waals surface area contributed by atoms with Crippen LogP contribution in [0.4, 0.5) is 5.69 Å². The Balaban J connectivity index is 1.07. The second-order valence-corrected chi connectivity index (χ2v) is 10.1. The highest BCUT2D eigenvalue weighted by Gasteiger charge is 2.28. The van der Waals surface area contributed by atoms with E-state index in [1.165, 1.54) is 11.3 Å². The summed E-state index contributed by atoms with van der Waals surface area (Å²) in [5, 5.41) is 2.51. The molecule has 0 unspecified atom stereocenters. The van der Waals surface area contributed by atoms with Crippen LogP contribution in [0.1, 0.15) is 26.6 Å². The lowest BCUT2D eigenvalue weighted by Gasteiger charge is -2.34. The van der Waals surface area contributed by atoms with Gasteiger partial charge in [0.1, 0.15) is 16.5 Å². The number of hydrogen-bond donors (Lipinski definition) is 0. The number of amides is 2. The van der Waals surface area contributed by atoms with Crippen LogP contribution < -0.4 is 19.1 Å². The molecule has 1 aromatic heterocycles. The van der Waals surface area contributed by atoms with Crippen molar-refractivity contribution in [3.8, 4) is 17.2 Å². The summed E-state index contributed by atoms with van der Waals surface area (Å²) in [6.07, 6.45) is 0. The smallest absolute Gasteiger partial charge is 0.273 e. The van der Waals surface area contributed by atoms with Crippen molar-refractivity contribution in [3.63, 3.8) is 0 Å².